The highest BCUT2D eigenvalue weighted by Crippen LogP contribution is 2.68. The molecule has 304 valence electrons. The number of aliphatic hydroxyl groups is 1. The number of ether oxygens (including phenoxy) is 2. The van der Waals surface area contributed by atoms with Gasteiger partial charge in [0.15, 0.2) is 11.5 Å². The number of nitrogens with one attached hydrogen (secondary N) is 4. The van der Waals surface area contributed by atoms with Gasteiger partial charge >= 0.3 is 0 Å². The Labute approximate surface area is 325 Å². The first kappa shape index (κ1) is 42.8. The van der Waals surface area contributed by atoms with E-state index in [2.05, 4.69) is 62.0 Å². The summed E-state index contributed by atoms with van der Waals surface area (Å²) in [4.78, 5) is 0. The van der Waals surface area contributed by atoms with Crippen LogP contribution in [-0.2, 0) is 6.54 Å². The molecule has 0 bridgehead atoms. The lowest BCUT2D eigenvalue weighted by Gasteiger charge is -2.62. The van der Waals surface area contributed by atoms with Crippen molar-refractivity contribution in [1.82, 2.24) is 21.3 Å². The molecule has 5 N–H and O–H groups in total. The van der Waals surface area contributed by atoms with Gasteiger partial charge in [0.1, 0.15) is 0 Å². The monoisotopic (exact) mass is 739 g/mol. The van der Waals surface area contributed by atoms with Crippen LogP contribution in [0.4, 0.5) is 0 Å². The SMILES string of the molecule is COc1ccc(CNCCCNCCCCNCCCN[C@H]2CC[C@]3(C)C4CC[C@@]5(C)C(CC[C@@H]5[C@H](C)CCCC(C)C)C4[C@H](O)C[C@@H]3C2)cc1OC. The predicted molar refractivity (Wildman–Crippen MR) is 222 cm³/mol. The van der Waals surface area contributed by atoms with Gasteiger partial charge in [-0.15, -0.1) is 0 Å². The van der Waals surface area contributed by atoms with Crippen molar-refractivity contribution in [2.75, 3.05) is 53.5 Å². The van der Waals surface area contributed by atoms with E-state index in [4.69, 9.17) is 9.47 Å². The molecule has 1 aromatic rings. The van der Waals surface area contributed by atoms with Gasteiger partial charge in [-0.3, -0.25) is 0 Å². The van der Waals surface area contributed by atoms with Crippen molar-refractivity contribution < 1.29 is 14.6 Å². The average molecular weight is 739 g/mol. The van der Waals surface area contributed by atoms with E-state index in [1.807, 2.05) is 12.1 Å². The summed E-state index contributed by atoms with van der Waals surface area (Å²) in [5.74, 6) is 6.74. The fourth-order valence-electron chi connectivity index (χ4n) is 12.3. The Morgan fingerprint density at radius 1 is 0.717 bits per heavy atom. The molecule has 0 spiro atoms. The van der Waals surface area contributed by atoms with Crippen LogP contribution in [0.3, 0.4) is 0 Å². The fraction of sp³-hybridized carbons (Fsp3) is 0.870. The lowest BCUT2D eigenvalue weighted by molar-refractivity contribution is -0.167. The van der Waals surface area contributed by atoms with E-state index in [0.29, 0.717) is 28.7 Å². The zero-order valence-electron chi connectivity index (χ0n) is 35.2. The lowest BCUT2D eigenvalue weighted by Crippen LogP contribution is -2.59. The zero-order chi connectivity index (χ0) is 37.8. The summed E-state index contributed by atoms with van der Waals surface area (Å²) in [5.41, 5.74) is 2.07. The summed E-state index contributed by atoms with van der Waals surface area (Å²) in [7, 11) is 3.35. The van der Waals surface area contributed by atoms with Gasteiger partial charge in [0.05, 0.1) is 20.3 Å². The Hall–Kier alpha value is -1.38. The van der Waals surface area contributed by atoms with Crippen molar-refractivity contribution in [2.45, 2.75) is 150 Å². The molecule has 4 aliphatic rings. The maximum Gasteiger partial charge on any atom is 0.161 e. The highest BCUT2D eigenvalue weighted by molar-refractivity contribution is 5.42. The summed E-state index contributed by atoms with van der Waals surface area (Å²) < 4.78 is 10.7. The van der Waals surface area contributed by atoms with E-state index < -0.39 is 0 Å². The van der Waals surface area contributed by atoms with Gasteiger partial charge in [-0.05, 0) is 186 Å². The molecule has 0 saturated heterocycles. The van der Waals surface area contributed by atoms with Crippen LogP contribution in [0.5, 0.6) is 11.5 Å². The first-order valence-corrected chi connectivity index (χ1v) is 22.3. The zero-order valence-corrected chi connectivity index (χ0v) is 35.2. The van der Waals surface area contributed by atoms with Crippen LogP contribution in [0.1, 0.15) is 136 Å². The molecule has 4 aliphatic carbocycles. The van der Waals surface area contributed by atoms with Crippen molar-refractivity contribution in [2.24, 2.45) is 52.3 Å². The Morgan fingerprint density at radius 2 is 1.38 bits per heavy atom. The van der Waals surface area contributed by atoms with Crippen LogP contribution >= 0.6 is 0 Å². The highest BCUT2D eigenvalue weighted by atomic mass is 16.5. The van der Waals surface area contributed by atoms with Crippen molar-refractivity contribution in [3.63, 3.8) is 0 Å². The standard InChI is InChI=1S/C46H82N4O3/c1-33(2)13-10-14-34(3)38-16-17-39-44-40(20-22-46(38,39)5)45(4)21-19-37(30-36(45)31-41(44)51)50-28-12-26-48-24-9-8-23-47-25-11-27-49-32-35-15-18-42(52-6)43(29-35)53-7/h15,18,29,33-34,36-41,44,47-51H,8-14,16-17,19-28,30-32H2,1-7H3/t34-,36+,37+,38-,39?,40?,41-,44?,45+,46-/m1/s1. The van der Waals surface area contributed by atoms with Crippen molar-refractivity contribution >= 4 is 0 Å². The number of benzene rings is 1. The van der Waals surface area contributed by atoms with Crippen LogP contribution in [0, 0.1) is 52.3 Å². The number of aliphatic hydroxyl groups excluding tert-OH is 1. The lowest BCUT2D eigenvalue weighted by atomic mass is 9.43. The van der Waals surface area contributed by atoms with Gasteiger partial charge in [-0.25, -0.2) is 0 Å². The maximum absolute atomic E-state index is 11.9. The number of rotatable bonds is 23. The van der Waals surface area contributed by atoms with Crippen molar-refractivity contribution in [3.8, 4) is 11.5 Å². The summed E-state index contributed by atoms with van der Waals surface area (Å²) in [6.07, 6.45) is 19.3. The number of fused-ring (bicyclic) bond motifs is 5. The summed E-state index contributed by atoms with van der Waals surface area (Å²) in [6, 6.07) is 6.72. The second-order valence-electron chi connectivity index (χ2n) is 19.0. The second kappa shape index (κ2) is 20.7. The van der Waals surface area contributed by atoms with Gasteiger partial charge in [-0.2, -0.15) is 0 Å². The predicted octanol–water partition coefficient (Wildman–Crippen LogP) is 8.58. The number of unbranched alkanes of at least 4 members (excludes halogenated alkanes) is 1. The number of methoxy groups -OCH3 is 2. The quantitative estimate of drug-likeness (QED) is 0.0720. The third-order valence-corrected chi connectivity index (χ3v) is 15.3. The summed E-state index contributed by atoms with van der Waals surface area (Å²) in [5, 5.41) is 26.6. The molecule has 4 fully saturated rings. The fourth-order valence-corrected chi connectivity index (χ4v) is 12.3. The molecule has 7 heteroatoms. The summed E-state index contributed by atoms with van der Waals surface area (Å²) in [6.45, 7) is 19.9. The molecule has 10 atom stereocenters. The molecular weight excluding hydrogens is 657 g/mol. The molecule has 7 nitrogen and oxygen atoms in total. The minimum Gasteiger partial charge on any atom is -0.493 e. The molecule has 0 heterocycles. The Morgan fingerprint density at radius 3 is 2.09 bits per heavy atom. The van der Waals surface area contributed by atoms with Gasteiger partial charge in [0.25, 0.3) is 0 Å². The second-order valence-corrected chi connectivity index (χ2v) is 19.0. The average Bonchev–Trinajstić information content (AvgIpc) is 3.50. The molecule has 0 radical (unpaired) electrons. The molecular formula is C46H82N4O3. The number of hydrogen-bond donors (Lipinski definition) is 5. The number of hydrogen-bond acceptors (Lipinski definition) is 7. The first-order valence-electron chi connectivity index (χ1n) is 22.3. The van der Waals surface area contributed by atoms with Crippen molar-refractivity contribution in [1.29, 1.82) is 0 Å². The van der Waals surface area contributed by atoms with Crippen LogP contribution in [0.2, 0.25) is 0 Å². The highest BCUT2D eigenvalue weighted by Gasteiger charge is 2.62. The van der Waals surface area contributed by atoms with Gasteiger partial charge in [0.2, 0.25) is 0 Å². The molecule has 4 saturated carbocycles. The topological polar surface area (TPSA) is 86.8 Å². The molecule has 0 aliphatic heterocycles. The largest absolute Gasteiger partial charge is 0.493 e. The van der Waals surface area contributed by atoms with E-state index in [0.717, 1.165) is 99.7 Å². The molecule has 3 unspecified atom stereocenters. The third-order valence-electron chi connectivity index (χ3n) is 15.3. The Bertz CT molecular complexity index is 1210. The summed E-state index contributed by atoms with van der Waals surface area (Å²) >= 11 is 0. The van der Waals surface area contributed by atoms with Crippen LogP contribution in [-0.4, -0.2) is 70.7 Å². The van der Waals surface area contributed by atoms with Gasteiger partial charge < -0.3 is 35.8 Å². The molecule has 5 rings (SSSR count). The third kappa shape index (κ3) is 10.9. The van der Waals surface area contributed by atoms with E-state index in [1.54, 1.807) is 14.2 Å². The smallest absolute Gasteiger partial charge is 0.161 e. The van der Waals surface area contributed by atoms with Crippen LogP contribution in [0.25, 0.3) is 0 Å². The van der Waals surface area contributed by atoms with Crippen molar-refractivity contribution in [3.05, 3.63) is 23.8 Å². The molecule has 0 aromatic heterocycles. The Balaban J connectivity index is 0.897. The van der Waals surface area contributed by atoms with Gasteiger partial charge in [-0.1, -0.05) is 59.9 Å². The van der Waals surface area contributed by atoms with Gasteiger partial charge in [0, 0.05) is 12.6 Å². The molecule has 0 amide bonds. The first-order chi connectivity index (χ1) is 25.6. The minimum absolute atomic E-state index is 0.0888. The molecule has 53 heavy (non-hydrogen) atoms. The molecule has 1 aromatic carbocycles. The van der Waals surface area contributed by atoms with E-state index >= 15 is 0 Å². The van der Waals surface area contributed by atoms with E-state index in [1.165, 1.54) is 89.0 Å². The van der Waals surface area contributed by atoms with Crippen LogP contribution < -0.4 is 30.7 Å². The van der Waals surface area contributed by atoms with E-state index in [9.17, 15) is 5.11 Å². The normalized spacial score (nSPS) is 33.0. The minimum atomic E-state index is -0.0888. The van der Waals surface area contributed by atoms with E-state index in [-0.39, 0.29) is 6.10 Å². The maximum atomic E-state index is 11.9. The van der Waals surface area contributed by atoms with Crippen LogP contribution in [0.15, 0.2) is 18.2 Å². The Kier molecular flexibility index (Phi) is 16.7.